The zero-order chi connectivity index (χ0) is 20.6. The van der Waals surface area contributed by atoms with E-state index in [0.717, 1.165) is 0 Å². The van der Waals surface area contributed by atoms with Crippen molar-refractivity contribution in [2.24, 2.45) is 16.6 Å². The van der Waals surface area contributed by atoms with E-state index in [1.165, 1.54) is 36.2 Å². The lowest BCUT2D eigenvalue weighted by Gasteiger charge is -2.45. The maximum Gasteiger partial charge on any atom is 0.274 e. The van der Waals surface area contributed by atoms with Crippen LogP contribution in [0.25, 0.3) is 0 Å². The number of carbonyl (C=O) groups is 1. The molecule has 1 aromatic heterocycles. The first-order valence-electron chi connectivity index (χ1n) is 9.22. The Kier molecular flexibility index (Phi) is 5.48. The Bertz CT molecular complexity index is 971. The number of pyridine rings is 1. The lowest BCUT2D eigenvalue weighted by molar-refractivity contribution is 0.102. The number of aliphatic imine (C=N–C) groups is 1. The van der Waals surface area contributed by atoms with Gasteiger partial charge in [0.15, 0.2) is 5.17 Å². The Labute approximate surface area is 176 Å². The fourth-order valence-electron chi connectivity index (χ4n) is 4.03. The minimum absolute atomic E-state index is 0.165. The second-order valence-electron chi connectivity index (χ2n) is 7.26. The first kappa shape index (κ1) is 20.1. The molecule has 2 aromatic rings. The highest BCUT2D eigenvalue weighted by Crippen LogP contribution is 2.50. The molecule has 1 fully saturated rings. The van der Waals surface area contributed by atoms with Crippen molar-refractivity contribution in [1.82, 2.24) is 4.98 Å². The number of hydrogen-bond acceptors (Lipinski definition) is 5. The van der Waals surface area contributed by atoms with Gasteiger partial charge >= 0.3 is 0 Å². The molecule has 4 rings (SSSR count). The molecule has 5 nitrogen and oxygen atoms in total. The minimum atomic E-state index is -0.926. The molecule has 152 valence electrons. The molecular formula is C20H19ClF2N4OS. The highest BCUT2D eigenvalue weighted by atomic mass is 35.5. The fourth-order valence-corrected chi connectivity index (χ4v) is 5.15. The van der Waals surface area contributed by atoms with Gasteiger partial charge in [0.05, 0.1) is 10.6 Å². The number of benzene rings is 1. The van der Waals surface area contributed by atoms with Crippen molar-refractivity contribution in [3.8, 4) is 0 Å². The summed E-state index contributed by atoms with van der Waals surface area (Å²) in [5, 5.41) is 3.52. The van der Waals surface area contributed by atoms with Gasteiger partial charge in [0, 0.05) is 29.1 Å². The molecule has 0 spiro atoms. The topological polar surface area (TPSA) is 80.4 Å². The van der Waals surface area contributed by atoms with Gasteiger partial charge in [-0.15, -0.1) is 0 Å². The van der Waals surface area contributed by atoms with Gasteiger partial charge in [0.25, 0.3) is 5.91 Å². The number of carbonyl (C=O) groups excluding carboxylic acids is 1. The number of nitrogens with two attached hydrogens (primary N) is 1. The number of amidine groups is 1. The molecule has 1 saturated carbocycles. The smallest absolute Gasteiger partial charge is 0.274 e. The van der Waals surface area contributed by atoms with E-state index in [4.69, 9.17) is 17.3 Å². The Morgan fingerprint density at radius 3 is 2.93 bits per heavy atom. The van der Waals surface area contributed by atoms with Crippen LogP contribution in [0.5, 0.6) is 0 Å². The minimum Gasteiger partial charge on any atom is -0.379 e. The number of alkyl halides is 1. The molecule has 0 radical (unpaired) electrons. The Morgan fingerprint density at radius 1 is 1.34 bits per heavy atom. The zero-order valence-electron chi connectivity index (χ0n) is 15.4. The van der Waals surface area contributed by atoms with E-state index in [9.17, 15) is 13.6 Å². The van der Waals surface area contributed by atoms with Crippen molar-refractivity contribution in [2.45, 2.75) is 31.0 Å². The number of hydrogen-bond donors (Lipinski definition) is 2. The van der Waals surface area contributed by atoms with Crippen molar-refractivity contribution in [2.75, 3.05) is 11.1 Å². The number of anilines is 1. The second-order valence-corrected chi connectivity index (χ2v) is 8.74. The van der Waals surface area contributed by atoms with Gasteiger partial charge in [0.2, 0.25) is 0 Å². The summed E-state index contributed by atoms with van der Waals surface area (Å²) in [5.41, 5.74) is 5.98. The summed E-state index contributed by atoms with van der Waals surface area (Å²) in [6, 6.07) is 7.41. The summed E-state index contributed by atoms with van der Waals surface area (Å²) in [5.74, 6) is -0.469. The molecule has 3 N–H and O–H groups in total. The number of thioether (sulfide) groups is 1. The van der Waals surface area contributed by atoms with E-state index in [1.54, 1.807) is 12.1 Å². The Morgan fingerprint density at radius 2 is 2.17 bits per heavy atom. The molecule has 0 unspecified atom stereocenters. The lowest BCUT2D eigenvalue weighted by atomic mass is 9.69. The number of halogens is 3. The molecule has 1 aromatic carbocycles. The van der Waals surface area contributed by atoms with Crippen LogP contribution in [0.3, 0.4) is 0 Å². The number of nitrogens with zero attached hydrogens (tertiary/aromatic N) is 2. The fraction of sp³-hybridized carbons (Fsp3) is 0.350. The lowest BCUT2D eigenvalue weighted by Crippen LogP contribution is -2.45. The summed E-state index contributed by atoms with van der Waals surface area (Å²) in [6.07, 6.45) is 1.43. The Balaban J connectivity index is 1.68. The third-order valence-corrected chi connectivity index (χ3v) is 6.63. The first-order valence-corrected chi connectivity index (χ1v) is 10.6. The van der Waals surface area contributed by atoms with Gasteiger partial charge in [-0.05, 0) is 49.6 Å². The highest BCUT2D eigenvalue weighted by molar-refractivity contribution is 8.13. The van der Waals surface area contributed by atoms with Gasteiger partial charge in [-0.25, -0.2) is 13.8 Å². The van der Waals surface area contributed by atoms with E-state index >= 15 is 0 Å². The standard InChI is InChI=1S/C20H19ClF2N4OS/c21-12-1-4-17(25-9-12)18(28)26-14-2-3-16(23)15(8-14)20-6-5-13(22)7-11(20)10-29-19(24)27-20/h1-4,8-9,11,13H,5-7,10H2,(H2,24,27)(H,26,28)/t11-,13-,20-/m0/s1. The summed E-state index contributed by atoms with van der Waals surface area (Å²) in [7, 11) is 0. The summed E-state index contributed by atoms with van der Waals surface area (Å²) in [4.78, 5) is 21.0. The average molecular weight is 437 g/mol. The van der Waals surface area contributed by atoms with Crippen LogP contribution in [-0.4, -0.2) is 28.0 Å². The number of amides is 1. The van der Waals surface area contributed by atoms with Gasteiger partial charge in [-0.3, -0.25) is 9.79 Å². The normalized spacial score (nSPS) is 26.4. The monoisotopic (exact) mass is 436 g/mol. The third kappa shape index (κ3) is 3.96. The number of rotatable bonds is 3. The summed E-state index contributed by atoms with van der Waals surface area (Å²) in [6.45, 7) is 0. The third-order valence-electron chi connectivity index (χ3n) is 5.45. The number of nitrogens with one attached hydrogen (secondary N) is 1. The predicted molar refractivity (Wildman–Crippen MR) is 112 cm³/mol. The van der Waals surface area contributed by atoms with Crippen LogP contribution in [0.15, 0.2) is 41.5 Å². The molecule has 9 heteroatoms. The zero-order valence-corrected chi connectivity index (χ0v) is 16.9. The second kappa shape index (κ2) is 7.91. The largest absolute Gasteiger partial charge is 0.379 e. The van der Waals surface area contributed by atoms with Gasteiger partial charge in [0.1, 0.15) is 17.7 Å². The summed E-state index contributed by atoms with van der Waals surface area (Å²) < 4.78 is 28.9. The predicted octanol–water partition coefficient (Wildman–Crippen LogP) is 4.52. The van der Waals surface area contributed by atoms with Gasteiger partial charge in [-0.1, -0.05) is 23.4 Å². The average Bonchev–Trinajstić information content (AvgIpc) is 2.70. The molecular weight excluding hydrogens is 418 g/mol. The van der Waals surface area contributed by atoms with Crippen LogP contribution < -0.4 is 11.1 Å². The quantitative estimate of drug-likeness (QED) is 0.741. The SMILES string of the molecule is NC1=N[C@@]2(c3cc(NC(=O)c4ccc(Cl)cn4)ccc3F)CC[C@H](F)C[C@H]2CS1. The molecule has 1 amide bonds. The van der Waals surface area contributed by atoms with E-state index < -0.39 is 23.4 Å². The van der Waals surface area contributed by atoms with Crippen LogP contribution >= 0.6 is 23.4 Å². The van der Waals surface area contributed by atoms with E-state index in [2.05, 4.69) is 15.3 Å². The Hall–Kier alpha value is -2.19. The molecule has 29 heavy (non-hydrogen) atoms. The number of fused-ring (bicyclic) bond motifs is 1. The molecule has 1 aliphatic heterocycles. The summed E-state index contributed by atoms with van der Waals surface area (Å²) >= 11 is 7.17. The molecule has 0 saturated heterocycles. The van der Waals surface area contributed by atoms with Crippen LogP contribution in [0.2, 0.25) is 5.02 Å². The van der Waals surface area contributed by atoms with Crippen LogP contribution in [-0.2, 0) is 5.54 Å². The van der Waals surface area contributed by atoms with Crippen molar-refractivity contribution >= 4 is 40.1 Å². The maximum atomic E-state index is 14.9. The molecule has 3 atom stereocenters. The molecule has 0 bridgehead atoms. The van der Waals surface area contributed by atoms with Crippen LogP contribution in [0.4, 0.5) is 14.5 Å². The molecule has 2 aliphatic rings. The van der Waals surface area contributed by atoms with E-state index in [0.29, 0.717) is 46.5 Å². The highest BCUT2D eigenvalue weighted by Gasteiger charge is 2.48. The number of aromatic nitrogens is 1. The van der Waals surface area contributed by atoms with Crippen molar-refractivity contribution in [3.63, 3.8) is 0 Å². The maximum absolute atomic E-state index is 14.9. The van der Waals surface area contributed by atoms with Crippen molar-refractivity contribution in [1.29, 1.82) is 0 Å². The van der Waals surface area contributed by atoms with Crippen LogP contribution in [0, 0.1) is 11.7 Å². The first-order chi connectivity index (χ1) is 13.9. The van der Waals surface area contributed by atoms with E-state index in [-0.39, 0.29) is 11.6 Å². The van der Waals surface area contributed by atoms with Crippen molar-refractivity contribution in [3.05, 3.63) is 58.6 Å². The molecule has 1 aliphatic carbocycles. The van der Waals surface area contributed by atoms with E-state index in [1.807, 2.05) is 0 Å². The van der Waals surface area contributed by atoms with Gasteiger partial charge in [-0.2, -0.15) is 0 Å². The van der Waals surface area contributed by atoms with Crippen LogP contribution in [0.1, 0.15) is 35.3 Å². The van der Waals surface area contributed by atoms with Gasteiger partial charge < -0.3 is 11.1 Å². The molecule has 2 heterocycles. The van der Waals surface area contributed by atoms with Crippen molar-refractivity contribution < 1.29 is 13.6 Å².